The SMILES string of the molecule is CCCCc1ccc(C#Cc2ccc(C(=O)[O-])cc2)cc1. The van der Waals surface area contributed by atoms with Gasteiger partial charge in [0.1, 0.15) is 0 Å². The zero-order chi connectivity index (χ0) is 15.1. The Bertz CT molecular complexity index is 655. The van der Waals surface area contributed by atoms with Crippen LogP contribution in [0.1, 0.15) is 46.8 Å². The van der Waals surface area contributed by atoms with E-state index in [1.165, 1.54) is 30.5 Å². The minimum absolute atomic E-state index is 0.167. The maximum Gasteiger partial charge on any atom is 0.0715 e. The van der Waals surface area contributed by atoms with Gasteiger partial charge in [0.25, 0.3) is 0 Å². The number of rotatable bonds is 4. The van der Waals surface area contributed by atoms with Gasteiger partial charge in [0.2, 0.25) is 0 Å². The Morgan fingerprint density at radius 2 is 1.48 bits per heavy atom. The Kier molecular flexibility index (Phi) is 5.17. The van der Waals surface area contributed by atoms with E-state index in [2.05, 4.69) is 30.9 Å². The van der Waals surface area contributed by atoms with Crippen molar-refractivity contribution in [1.82, 2.24) is 0 Å². The number of unbranched alkanes of at least 4 members (excludes halogenated alkanes) is 1. The monoisotopic (exact) mass is 277 g/mol. The average molecular weight is 277 g/mol. The Morgan fingerprint density at radius 3 is 1.95 bits per heavy atom. The van der Waals surface area contributed by atoms with Crippen molar-refractivity contribution >= 4 is 5.97 Å². The molecule has 0 bridgehead atoms. The molecule has 0 fully saturated rings. The largest absolute Gasteiger partial charge is 0.545 e. The van der Waals surface area contributed by atoms with Crippen molar-refractivity contribution in [2.24, 2.45) is 0 Å². The second kappa shape index (κ2) is 7.31. The van der Waals surface area contributed by atoms with Crippen LogP contribution in [-0.2, 0) is 6.42 Å². The Hall–Kier alpha value is -2.53. The van der Waals surface area contributed by atoms with Crippen LogP contribution in [0.3, 0.4) is 0 Å². The molecule has 0 aromatic heterocycles. The highest BCUT2D eigenvalue weighted by molar-refractivity contribution is 5.85. The van der Waals surface area contributed by atoms with E-state index in [1.54, 1.807) is 12.1 Å². The molecule has 21 heavy (non-hydrogen) atoms. The standard InChI is InChI=1S/C19H18O2/c1-2-3-4-15-5-7-16(8-6-15)9-10-17-11-13-18(14-12-17)19(20)21/h5-8,11-14H,2-4H2,1H3,(H,20,21)/p-1. The molecule has 0 radical (unpaired) electrons. The van der Waals surface area contributed by atoms with Crippen molar-refractivity contribution in [2.45, 2.75) is 26.2 Å². The molecule has 0 spiro atoms. The Labute approximate surface area is 125 Å². The van der Waals surface area contributed by atoms with Crippen LogP contribution in [-0.4, -0.2) is 5.97 Å². The number of aryl methyl sites for hydroxylation is 1. The molecule has 0 N–H and O–H groups in total. The molecule has 2 aromatic carbocycles. The maximum atomic E-state index is 10.7. The van der Waals surface area contributed by atoms with Gasteiger partial charge in [-0.3, -0.25) is 0 Å². The molecule has 0 saturated heterocycles. The first-order chi connectivity index (χ1) is 10.2. The molecule has 0 unspecified atom stereocenters. The van der Waals surface area contributed by atoms with Gasteiger partial charge in [-0.2, -0.15) is 0 Å². The van der Waals surface area contributed by atoms with Gasteiger partial charge in [-0.15, -0.1) is 0 Å². The summed E-state index contributed by atoms with van der Waals surface area (Å²) in [7, 11) is 0. The van der Waals surface area contributed by atoms with E-state index in [1.807, 2.05) is 12.1 Å². The normalized spacial score (nSPS) is 9.76. The lowest BCUT2D eigenvalue weighted by Gasteiger charge is -2.01. The van der Waals surface area contributed by atoms with Crippen molar-refractivity contribution < 1.29 is 9.90 Å². The number of benzene rings is 2. The molecule has 2 rings (SSSR count). The molecule has 106 valence electrons. The molecule has 2 aromatic rings. The van der Waals surface area contributed by atoms with Crippen molar-refractivity contribution in [3.63, 3.8) is 0 Å². The van der Waals surface area contributed by atoms with E-state index >= 15 is 0 Å². The fourth-order valence-corrected chi connectivity index (χ4v) is 1.97. The topological polar surface area (TPSA) is 40.1 Å². The highest BCUT2D eigenvalue weighted by atomic mass is 16.4. The molecule has 0 atom stereocenters. The van der Waals surface area contributed by atoms with Crippen LogP contribution in [0.15, 0.2) is 48.5 Å². The first-order valence-electron chi connectivity index (χ1n) is 7.11. The minimum atomic E-state index is -1.17. The molecule has 0 amide bonds. The first-order valence-corrected chi connectivity index (χ1v) is 7.11. The number of hydrogen-bond donors (Lipinski definition) is 0. The lowest BCUT2D eigenvalue weighted by Crippen LogP contribution is -2.21. The predicted octanol–water partition coefficient (Wildman–Crippen LogP) is 2.79. The number of carboxylic acids is 1. The second-order valence-corrected chi connectivity index (χ2v) is 4.92. The van der Waals surface area contributed by atoms with E-state index < -0.39 is 5.97 Å². The van der Waals surface area contributed by atoms with Gasteiger partial charge in [0, 0.05) is 11.1 Å². The average Bonchev–Trinajstić information content (AvgIpc) is 2.52. The smallest absolute Gasteiger partial charge is 0.0715 e. The van der Waals surface area contributed by atoms with Crippen LogP contribution < -0.4 is 5.11 Å². The summed E-state index contributed by atoms with van der Waals surface area (Å²) in [6.45, 7) is 2.19. The number of hydrogen-bond acceptors (Lipinski definition) is 2. The highest BCUT2D eigenvalue weighted by Gasteiger charge is 1.94. The zero-order valence-electron chi connectivity index (χ0n) is 12.1. The summed E-state index contributed by atoms with van der Waals surface area (Å²) >= 11 is 0. The number of carbonyl (C=O) groups excluding carboxylic acids is 1. The van der Waals surface area contributed by atoms with Gasteiger partial charge in [-0.25, -0.2) is 0 Å². The summed E-state index contributed by atoms with van der Waals surface area (Å²) in [6.07, 6.45) is 3.51. The summed E-state index contributed by atoms with van der Waals surface area (Å²) in [5, 5.41) is 10.7. The van der Waals surface area contributed by atoms with E-state index in [0.717, 1.165) is 17.5 Å². The second-order valence-electron chi connectivity index (χ2n) is 4.92. The van der Waals surface area contributed by atoms with Crippen LogP contribution in [0.2, 0.25) is 0 Å². The minimum Gasteiger partial charge on any atom is -0.545 e. The molecule has 0 aliphatic rings. The van der Waals surface area contributed by atoms with E-state index in [-0.39, 0.29) is 5.56 Å². The molecule has 2 nitrogen and oxygen atoms in total. The van der Waals surface area contributed by atoms with Gasteiger partial charge in [0.05, 0.1) is 5.97 Å². The fourth-order valence-electron chi connectivity index (χ4n) is 1.97. The molecular weight excluding hydrogens is 260 g/mol. The molecule has 0 aliphatic heterocycles. The van der Waals surface area contributed by atoms with Crippen molar-refractivity contribution in [3.05, 3.63) is 70.8 Å². The number of carbonyl (C=O) groups is 1. The van der Waals surface area contributed by atoms with Crippen LogP contribution in [0.4, 0.5) is 0 Å². The van der Waals surface area contributed by atoms with Crippen molar-refractivity contribution in [2.75, 3.05) is 0 Å². The summed E-state index contributed by atoms with van der Waals surface area (Å²) in [5.74, 6) is 4.94. The van der Waals surface area contributed by atoms with E-state index in [4.69, 9.17) is 0 Å². The van der Waals surface area contributed by atoms with Crippen LogP contribution in [0, 0.1) is 11.8 Å². The van der Waals surface area contributed by atoms with Crippen LogP contribution in [0.25, 0.3) is 0 Å². The summed E-state index contributed by atoms with van der Waals surface area (Å²) < 4.78 is 0. The molecule has 0 saturated carbocycles. The molecular formula is C19H17O2-. The quantitative estimate of drug-likeness (QED) is 0.806. The maximum absolute atomic E-state index is 10.7. The molecule has 0 aliphatic carbocycles. The van der Waals surface area contributed by atoms with Gasteiger partial charge < -0.3 is 9.90 Å². The third kappa shape index (κ3) is 4.50. The highest BCUT2D eigenvalue weighted by Crippen LogP contribution is 2.08. The Balaban J connectivity index is 2.06. The summed E-state index contributed by atoms with van der Waals surface area (Å²) in [6, 6.07) is 14.7. The number of carboxylic acid groups (broad SMARTS) is 1. The van der Waals surface area contributed by atoms with Crippen molar-refractivity contribution in [1.29, 1.82) is 0 Å². The fraction of sp³-hybridized carbons (Fsp3) is 0.211. The third-order valence-electron chi connectivity index (χ3n) is 3.24. The van der Waals surface area contributed by atoms with Gasteiger partial charge >= 0.3 is 0 Å². The Morgan fingerprint density at radius 1 is 0.952 bits per heavy atom. The molecule has 0 heterocycles. The van der Waals surface area contributed by atoms with E-state index in [0.29, 0.717) is 0 Å². The van der Waals surface area contributed by atoms with Crippen molar-refractivity contribution in [3.8, 4) is 11.8 Å². The number of aromatic carboxylic acids is 1. The van der Waals surface area contributed by atoms with Gasteiger partial charge in [0.15, 0.2) is 0 Å². The van der Waals surface area contributed by atoms with Crippen LogP contribution in [0.5, 0.6) is 0 Å². The lowest BCUT2D eigenvalue weighted by atomic mass is 10.1. The molecule has 2 heteroatoms. The predicted molar refractivity (Wildman–Crippen MR) is 81.8 cm³/mol. The summed E-state index contributed by atoms with van der Waals surface area (Å²) in [5.41, 5.74) is 3.25. The first kappa shape index (κ1) is 14.9. The third-order valence-corrected chi connectivity index (χ3v) is 3.24. The van der Waals surface area contributed by atoms with Crippen LogP contribution >= 0.6 is 0 Å². The lowest BCUT2D eigenvalue weighted by molar-refractivity contribution is -0.255. The van der Waals surface area contributed by atoms with Gasteiger partial charge in [-0.05, 0) is 48.2 Å². The van der Waals surface area contributed by atoms with E-state index in [9.17, 15) is 9.90 Å². The summed E-state index contributed by atoms with van der Waals surface area (Å²) in [4.78, 5) is 10.7. The van der Waals surface area contributed by atoms with Gasteiger partial charge in [-0.1, -0.05) is 49.5 Å². The zero-order valence-corrected chi connectivity index (χ0v) is 12.1.